The van der Waals surface area contributed by atoms with Gasteiger partial charge in [-0.25, -0.2) is 0 Å². The highest BCUT2D eigenvalue weighted by molar-refractivity contribution is 5.85. The fourth-order valence-electron chi connectivity index (χ4n) is 1.88. The second kappa shape index (κ2) is 4.60. The van der Waals surface area contributed by atoms with Crippen LogP contribution in [0, 0.1) is 11.8 Å². The topological polar surface area (TPSA) is 63.3 Å². The quantitative estimate of drug-likeness (QED) is 0.772. The fraction of sp³-hybridized carbons (Fsp3) is 0.357. The number of carboxylic acid groups (broad SMARTS) is 1. The highest BCUT2D eigenvalue weighted by atomic mass is 16.4. The lowest BCUT2D eigenvalue weighted by atomic mass is 9.94. The van der Waals surface area contributed by atoms with Gasteiger partial charge in [0.1, 0.15) is 0 Å². The molecule has 0 radical (unpaired) electrons. The molecule has 1 fully saturated rings. The Morgan fingerprint density at radius 1 is 1.47 bits per heavy atom. The standard InChI is InChI=1S/C14H15NO2/c15-9-2-1-4-11-5-3-6-12(10-11)14(7-8-14)13(16)17/h3,5-6,10H,2,7-9,15H2,(H,16,17). The summed E-state index contributed by atoms with van der Waals surface area (Å²) in [6.07, 6.45) is 2.11. The molecule has 1 aromatic rings. The van der Waals surface area contributed by atoms with Gasteiger partial charge in [-0.05, 0) is 30.5 Å². The molecular weight excluding hydrogens is 214 g/mol. The molecule has 0 aliphatic heterocycles. The van der Waals surface area contributed by atoms with Gasteiger partial charge in [-0.1, -0.05) is 24.0 Å². The fourth-order valence-corrected chi connectivity index (χ4v) is 1.88. The lowest BCUT2D eigenvalue weighted by Crippen LogP contribution is -2.19. The van der Waals surface area contributed by atoms with E-state index < -0.39 is 11.4 Å². The third-order valence-corrected chi connectivity index (χ3v) is 3.08. The average Bonchev–Trinajstić information content (AvgIpc) is 3.11. The van der Waals surface area contributed by atoms with Gasteiger partial charge in [-0.2, -0.15) is 0 Å². The van der Waals surface area contributed by atoms with E-state index in [9.17, 15) is 9.90 Å². The minimum atomic E-state index is -0.732. The Kier molecular flexibility index (Phi) is 3.16. The van der Waals surface area contributed by atoms with Crippen molar-refractivity contribution in [2.75, 3.05) is 6.54 Å². The smallest absolute Gasteiger partial charge is 0.314 e. The van der Waals surface area contributed by atoms with E-state index in [-0.39, 0.29) is 0 Å². The number of carboxylic acids is 1. The molecule has 1 saturated carbocycles. The molecule has 3 heteroatoms. The van der Waals surface area contributed by atoms with Crippen molar-refractivity contribution in [3.8, 4) is 11.8 Å². The van der Waals surface area contributed by atoms with Crippen LogP contribution >= 0.6 is 0 Å². The first-order chi connectivity index (χ1) is 8.19. The molecule has 0 amide bonds. The van der Waals surface area contributed by atoms with Gasteiger partial charge in [-0.3, -0.25) is 4.79 Å². The normalized spacial score (nSPS) is 15.8. The van der Waals surface area contributed by atoms with Gasteiger partial charge in [0.25, 0.3) is 0 Å². The molecule has 0 spiro atoms. The Labute approximate surface area is 101 Å². The number of hydrogen-bond donors (Lipinski definition) is 2. The van der Waals surface area contributed by atoms with Crippen molar-refractivity contribution in [1.82, 2.24) is 0 Å². The summed E-state index contributed by atoms with van der Waals surface area (Å²) in [5, 5.41) is 9.21. The van der Waals surface area contributed by atoms with E-state index in [1.807, 2.05) is 24.3 Å². The lowest BCUT2D eigenvalue weighted by Gasteiger charge is -2.09. The molecule has 2 rings (SSSR count). The molecule has 0 atom stereocenters. The molecule has 88 valence electrons. The summed E-state index contributed by atoms with van der Waals surface area (Å²) in [7, 11) is 0. The maximum Gasteiger partial charge on any atom is 0.314 e. The van der Waals surface area contributed by atoms with Crippen LogP contribution in [0.25, 0.3) is 0 Å². The molecule has 0 aromatic heterocycles. The molecule has 0 heterocycles. The molecule has 0 unspecified atom stereocenters. The SMILES string of the molecule is NCCC#Cc1cccc(C2(C(=O)O)CC2)c1. The molecule has 0 saturated heterocycles. The number of rotatable bonds is 3. The molecule has 17 heavy (non-hydrogen) atoms. The zero-order valence-corrected chi connectivity index (χ0v) is 9.57. The summed E-state index contributed by atoms with van der Waals surface area (Å²) in [4.78, 5) is 11.2. The van der Waals surface area contributed by atoms with E-state index in [4.69, 9.17) is 5.73 Å². The van der Waals surface area contributed by atoms with Crippen molar-refractivity contribution in [3.63, 3.8) is 0 Å². The predicted octanol–water partition coefficient (Wildman–Crippen LogP) is 1.50. The summed E-state index contributed by atoms with van der Waals surface area (Å²) in [6, 6.07) is 7.51. The van der Waals surface area contributed by atoms with E-state index in [0.717, 1.165) is 24.0 Å². The largest absolute Gasteiger partial charge is 0.481 e. The van der Waals surface area contributed by atoms with Crippen molar-refractivity contribution in [2.45, 2.75) is 24.7 Å². The first kappa shape index (κ1) is 11.7. The van der Waals surface area contributed by atoms with E-state index in [1.165, 1.54) is 0 Å². The zero-order chi connectivity index (χ0) is 12.3. The summed E-state index contributed by atoms with van der Waals surface area (Å²) < 4.78 is 0. The number of carbonyl (C=O) groups is 1. The van der Waals surface area contributed by atoms with E-state index >= 15 is 0 Å². The molecule has 0 bridgehead atoms. The highest BCUT2D eigenvalue weighted by Crippen LogP contribution is 2.48. The van der Waals surface area contributed by atoms with Gasteiger partial charge >= 0.3 is 5.97 Å². The van der Waals surface area contributed by atoms with Crippen LogP contribution in [0.3, 0.4) is 0 Å². The van der Waals surface area contributed by atoms with Crippen LogP contribution in [-0.2, 0) is 10.2 Å². The third kappa shape index (κ3) is 2.32. The summed E-state index contributed by atoms with van der Waals surface area (Å²) in [5.74, 6) is 5.23. The van der Waals surface area contributed by atoms with Gasteiger partial charge < -0.3 is 10.8 Å². The molecule has 3 N–H and O–H groups in total. The van der Waals surface area contributed by atoms with Gasteiger partial charge in [0.15, 0.2) is 0 Å². The Bertz CT molecular complexity index is 492. The molecular formula is C14H15NO2. The summed E-state index contributed by atoms with van der Waals surface area (Å²) >= 11 is 0. The highest BCUT2D eigenvalue weighted by Gasteiger charge is 2.51. The minimum Gasteiger partial charge on any atom is -0.481 e. The van der Waals surface area contributed by atoms with Crippen LogP contribution < -0.4 is 5.73 Å². The zero-order valence-electron chi connectivity index (χ0n) is 9.57. The Balaban J connectivity index is 2.24. The van der Waals surface area contributed by atoms with Crippen molar-refractivity contribution in [3.05, 3.63) is 35.4 Å². The molecule has 1 aliphatic rings. The second-order valence-corrected chi connectivity index (χ2v) is 4.31. The van der Waals surface area contributed by atoms with Crippen LogP contribution in [0.2, 0.25) is 0 Å². The monoisotopic (exact) mass is 229 g/mol. The average molecular weight is 229 g/mol. The first-order valence-electron chi connectivity index (χ1n) is 5.72. The van der Waals surface area contributed by atoms with Crippen LogP contribution in [0.5, 0.6) is 0 Å². The Morgan fingerprint density at radius 2 is 2.24 bits per heavy atom. The van der Waals surface area contributed by atoms with Gasteiger partial charge in [0.2, 0.25) is 0 Å². The van der Waals surface area contributed by atoms with Gasteiger partial charge in [0.05, 0.1) is 5.41 Å². The van der Waals surface area contributed by atoms with Crippen LogP contribution in [0.4, 0.5) is 0 Å². The van der Waals surface area contributed by atoms with E-state index in [2.05, 4.69) is 11.8 Å². The summed E-state index contributed by atoms with van der Waals surface area (Å²) in [5.41, 5.74) is 6.44. The Hall–Kier alpha value is -1.79. The maximum absolute atomic E-state index is 11.2. The maximum atomic E-state index is 11.2. The Morgan fingerprint density at radius 3 is 2.82 bits per heavy atom. The number of aliphatic carboxylic acids is 1. The van der Waals surface area contributed by atoms with Crippen LogP contribution in [0.15, 0.2) is 24.3 Å². The minimum absolute atomic E-state index is 0.547. The third-order valence-electron chi connectivity index (χ3n) is 3.08. The predicted molar refractivity (Wildman–Crippen MR) is 65.5 cm³/mol. The van der Waals surface area contributed by atoms with Crippen molar-refractivity contribution in [1.29, 1.82) is 0 Å². The molecule has 1 aromatic carbocycles. The van der Waals surface area contributed by atoms with Crippen molar-refractivity contribution >= 4 is 5.97 Å². The van der Waals surface area contributed by atoms with Crippen molar-refractivity contribution < 1.29 is 9.90 Å². The van der Waals surface area contributed by atoms with Gasteiger partial charge in [0, 0.05) is 18.5 Å². The van der Waals surface area contributed by atoms with E-state index in [1.54, 1.807) is 0 Å². The number of benzene rings is 1. The molecule has 1 aliphatic carbocycles. The second-order valence-electron chi connectivity index (χ2n) is 4.31. The number of nitrogens with two attached hydrogens (primary N) is 1. The molecule has 3 nitrogen and oxygen atoms in total. The van der Waals surface area contributed by atoms with Crippen LogP contribution in [-0.4, -0.2) is 17.6 Å². The van der Waals surface area contributed by atoms with E-state index in [0.29, 0.717) is 13.0 Å². The van der Waals surface area contributed by atoms with Crippen LogP contribution in [0.1, 0.15) is 30.4 Å². The van der Waals surface area contributed by atoms with Gasteiger partial charge in [-0.15, -0.1) is 0 Å². The first-order valence-corrected chi connectivity index (χ1v) is 5.72. The van der Waals surface area contributed by atoms with Crippen molar-refractivity contribution in [2.24, 2.45) is 5.73 Å². The number of hydrogen-bond acceptors (Lipinski definition) is 2. The lowest BCUT2D eigenvalue weighted by molar-refractivity contribution is -0.140. The summed E-state index contributed by atoms with van der Waals surface area (Å²) in [6.45, 7) is 0.547.